The largest absolute Gasteiger partial charge is 0.494 e. The molecule has 0 aliphatic rings. The second-order valence-electron chi connectivity index (χ2n) is 4.45. The van der Waals surface area contributed by atoms with E-state index in [1.54, 1.807) is 0 Å². The number of rotatable bonds is 9. The Labute approximate surface area is 111 Å². The lowest BCUT2D eigenvalue weighted by Crippen LogP contribution is -2.21. The third-order valence-electron chi connectivity index (χ3n) is 2.80. The van der Waals surface area contributed by atoms with Crippen molar-refractivity contribution in [2.75, 3.05) is 13.2 Å². The number of hydrogen-bond acceptors (Lipinski definition) is 2. The quantitative estimate of drug-likeness (QED) is 0.664. The van der Waals surface area contributed by atoms with Crippen LogP contribution in [0, 0.1) is 0 Å². The van der Waals surface area contributed by atoms with Crippen LogP contribution in [0.4, 0.5) is 0 Å². The van der Waals surface area contributed by atoms with Gasteiger partial charge in [-0.1, -0.05) is 32.1 Å². The van der Waals surface area contributed by atoms with Gasteiger partial charge in [-0.25, -0.2) is 0 Å². The molecule has 0 spiro atoms. The molecule has 1 N–H and O–H groups in total. The fourth-order valence-electron chi connectivity index (χ4n) is 1.84. The van der Waals surface area contributed by atoms with Gasteiger partial charge in [-0.2, -0.15) is 0 Å². The number of hydrogen-bond donors (Lipinski definition) is 1. The summed E-state index contributed by atoms with van der Waals surface area (Å²) in [5.41, 5.74) is 1.30. The predicted molar refractivity (Wildman–Crippen MR) is 78.1 cm³/mol. The molecule has 2 nitrogen and oxygen atoms in total. The lowest BCUT2D eigenvalue weighted by Gasteiger charge is -2.17. The molecule has 1 rings (SSSR count). The summed E-state index contributed by atoms with van der Waals surface area (Å²) >= 11 is 0. The predicted octanol–water partition coefficient (Wildman–Crippen LogP) is 4.09. The van der Waals surface area contributed by atoms with Crippen molar-refractivity contribution in [1.82, 2.24) is 5.32 Å². The summed E-state index contributed by atoms with van der Waals surface area (Å²) in [5, 5.41) is 3.54. The second kappa shape index (κ2) is 8.76. The molecule has 18 heavy (non-hydrogen) atoms. The van der Waals surface area contributed by atoms with Crippen molar-refractivity contribution in [3.05, 3.63) is 42.5 Å². The Morgan fingerprint density at radius 1 is 1.22 bits per heavy atom. The standard InChI is InChI=1S/C16H25NO/c1-4-7-16(17-12-5-2)14-8-10-15(11-9-14)18-13-6-3/h4,8-11,16-17H,1,5-7,12-13H2,2-3H3. The Morgan fingerprint density at radius 2 is 1.94 bits per heavy atom. The van der Waals surface area contributed by atoms with Crippen molar-refractivity contribution in [3.63, 3.8) is 0 Å². The van der Waals surface area contributed by atoms with Crippen molar-refractivity contribution in [3.8, 4) is 5.75 Å². The molecule has 1 atom stereocenters. The summed E-state index contributed by atoms with van der Waals surface area (Å²) in [6.45, 7) is 9.94. The monoisotopic (exact) mass is 247 g/mol. The van der Waals surface area contributed by atoms with E-state index in [1.807, 2.05) is 6.08 Å². The molecule has 0 fully saturated rings. The van der Waals surface area contributed by atoms with Gasteiger partial charge in [-0.15, -0.1) is 6.58 Å². The number of ether oxygens (including phenoxy) is 1. The number of benzene rings is 1. The van der Waals surface area contributed by atoms with Crippen molar-refractivity contribution >= 4 is 0 Å². The molecule has 1 unspecified atom stereocenters. The van der Waals surface area contributed by atoms with Gasteiger partial charge in [-0.05, 0) is 43.5 Å². The SMILES string of the molecule is C=CCC(NCCC)c1ccc(OCCC)cc1. The van der Waals surface area contributed by atoms with Crippen LogP contribution in [0.25, 0.3) is 0 Å². The molecule has 100 valence electrons. The first kappa shape index (κ1) is 14.8. The van der Waals surface area contributed by atoms with Gasteiger partial charge in [0.15, 0.2) is 0 Å². The smallest absolute Gasteiger partial charge is 0.119 e. The molecular formula is C16H25NO. The fraction of sp³-hybridized carbons (Fsp3) is 0.500. The third-order valence-corrected chi connectivity index (χ3v) is 2.80. The zero-order valence-electron chi connectivity index (χ0n) is 11.6. The molecule has 0 radical (unpaired) electrons. The Bertz CT molecular complexity index is 331. The van der Waals surface area contributed by atoms with Crippen LogP contribution in [-0.4, -0.2) is 13.2 Å². The highest BCUT2D eigenvalue weighted by atomic mass is 16.5. The lowest BCUT2D eigenvalue weighted by atomic mass is 10.0. The molecular weight excluding hydrogens is 222 g/mol. The van der Waals surface area contributed by atoms with Gasteiger partial charge in [0.2, 0.25) is 0 Å². The van der Waals surface area contributed by atoms with Gasteiger partial charge < -0.3 is 10.1 Å². The fourth-order valence-corrected chi connectivity index (χ4v) is 1.84. The molecule has 1 aromatic carbocycles. The molecule has 0 bridgehead atoms. The maximum Gasteiger partial charge on any atom is 0.119 e. The molecule has 1 aromatic rings. The molecule has 0 aromatic heterocycles. The number of nitrogens with one attached hydrogen (secondary N) is 1. The van der Waals surface area contributed by atoms with Crippen LogP contribution in [0.3, 0.4) is 0 Å². The molecule has 0 amide bonds. The highest BCUT2D eigenvalue weighted by Gasteiger charge is 2.08. The molecule has 0 saturated carbocycles. The van der Waals surface area contributed by atoms with Crippen LogP contribution in [0.5, 0.6) is 5.75 Å². The van der Waals surface area contributed by atoms with Crippen molar-refractivity contribution in [2.24, 2.45) is 0 Å². The Morgan fingerprint density at radius 3 is 2.50 bits per heavy atom. The zero-order valence-corrected chi connectivity index (χ0v) is 11.6. The highest BCUT2D eigenvalue weighted by Crippen LogP contribution is 2.20. The van der Waals surface area contributed by atoms with Crippen LogP contribution < -0.4 is 10.1 Å². The van der Waals surface area contributed by atoms with Gasteiger partial charge in [0.05, 0.1) is 6.61 Å². The van der Waals surface area contributed by atoms with Crippen molar-refractivity contribution in [1.29, 1.82) is 0 Å². The van der Waals surface area contributed by atoms with E-state index in [0.29, 0.717) is 6.04 Å². The topological polar surface area (TPSA) is 21.3 Å². The zero-order chi connectivity index (χ0) is 13.2. The summed E-state index contributed by atoms with van der Waals surface area (Å²) in [7, 11) is 0. The summed E-state index contributed by atoms with van der Waals surface area (Å²) in [6, 6.07) is 8.75. The van der Waals surface area contributed by atoms with E-state index in [-0.39, 0.29) is 0 Å². The third kappa shape index (κ3) is 4.92. The van der Waals surface area contributed by atoms with Crippen LogP contribution in [0.2, 0.25) is 0 Å². The summed E-state index contributed by atoms with van der Waals surface area (Å²) in [6.07, 6.45) is 5.11. The maximum absolute atomic E-state index is 5.59. The average molecular weight is 247 g/mol. The Kier molecular flexibility index (Phi) is 7.19. The lowest BCUT2D eigenvalue weighted by molar-refractivity contribution is 0.317. The van der Waals surface area contributed by atoms with Gasteiger partial charge >= 0.3 is 0 Å². The molecule has 2 heteroatoms. The first-order chi connectivity index (χ1) is 8.81. The van der Waals surface area contributed by atoms with Gasteiger partial charge in [-0.3, -0.25) is 0 Å². The summed E-state index contributed by atoms with van der Waals surface area (Å²) in [4.78, 5) is 0. The van der Waals surface area contributed by atoms with E-state index < -0.39 is 0 Å². The van der Waals surface area contributed by atoms with E-state index in [9.17, 15) is 0 Å². The van der Waals surface area contributed by atoms with Crippen LogP contribution in [0.1, 0.15) is 44.7 Å². The van der Waals surface area contributed by atoms with Gasteiger partial charge in [0.25, 0.3) is 0 Å². The van der Waals surface area contributed by atoms with Crippen molar-refractivity contribution < 1.29 is 4.74 Å². The van der Waals surface area contributed by atoms with E-state index >= 15 is 0 Å². The summed E-state index contributed by atoms with van der Waals surface area (Å²) in [5.74, 6) is 0.952. The Hall–Kier alpha value is -1.28. The molecule has 0 saturated heterocycles. The molecule has 0 aliphatic carbocycles. The molecule has 0 heterocycles. The normalized spacial score (nSPS) is 12.1. The van der Waals surface area contributed by atoms with Crippen LogP contribution >= 0.6 is 0 Å². The van der Waals surface area contributed by atoms with Crippen molar-refractivity contribution in [2.45, 2.75) is 39.2 Å². The van der Waals surface area contributed by atoms with E-state index in [4.69, 9.17) is 4.74 Å². The Balaban J connectivity index is 2.63. The minimum Gasteiger partial charge on any atom is -0.494 e. The van der Waals surface area contributed by atoms with Crippen LogP contribution in [-0.2, 0) is 0 Å². The molecule has 0 aliphatic heterocycles. The minimum atomic E-state index is 0.364. The minimum absolute atomic E-state index is 0.364. The summed E-state index contributed by atoms with van der Waals surface area (Å²) < 4.78 is 5.59. The second-order valence-corrected chi connectivity index (χ2v) is 4.45. The first-order valence-electron chi connectivity index (χ1n) is 6.88. The van der Waals surface area contributed by atoms with Crippen LogP contribution in [0.15, 0.2) is 36.9 Å². The van der Waals surface area contributed by atoms with E-state index in [0.717, 1.165) is 38.2 Å². The highest BCUT2D eigenvalue weighted by molar-refractivity contribution is 5.29. The first-order valence-corrected chi connectivity index (χ1v) is 6.88. The van der Waals surface area contributed by atoms with E-state index in [1.165, 1.54) is 5.56 Å². The maximum atomic E-state index is 5.59. The van der Waals surface area contributed by atoms with Gasteiger partial charge in [0.1, 0.15) is 5.75 Å². The average Bonchev–Trinajstić information content (AvgIpc) is 2.42. The van der Waals surface area contributed by atoms with Gasteiger partial charge in [0, 0.05) is 6.04 Å². The van der Waals surface area contributed by atoms with E-state index in [2.05, 4.69) is 50.0 Å².